The largest absolute Gasteiger partial charge is 0.0894 e. The van der Waals surface area contributed by atoms with Gasteiger partial charge in [0.1, 0.15) is 0 Å². The third kappa shape index (κ3) is 3.92. The van der Waals surface area contributed by atoms with E-state index in [9.17, 15) is 0 Å². The van der Waals surface area contributed by atoms with Gasteiger partial charge in [-0.05, 0) is 30.6 Å². The Labute approximate surface area is 98.0 Å². The lowest BCUT2D eigenvalue weighted by molar-refractivity contribution is 0.195. The van der Waals surface area contributed by atoms with Crippen molar-refractivity contribution in [3.05, 3.63) is 0 Å². The van der Waals surface area contributed by atoms with E-state index in [1.807, 2.05) is 0 Å². The van der Waals surface area contributed by atoms with Crippen LogP contribution in [-0.2, 0) is 0 Å². The predicted molar refractivity (Wildman–Crippen MR) is 67.9 cm³/mol. The minimum absolute atomic E-state index is 0.694. The second-order valence-electron chi connectivity index (χ2n) is 5.19. The Morgan fingerprint density at radius 2 is 2.00 bits per heavy atom. The van der Waals surface area contributed by atoms with Crippen molar-refractivity contribution in [3.63, 3.8) is 0 Å². The Balaban J connectivity index is 2.35. The van der Waals surface area contributed by atoms with E-state index in [0.717, 1.165) is 17.8 Å². The summed E-state index contributed by atoms with van der Waals surface area (Å²) in [5.74, 6) is 2.95. The molecule has 4 atom stereocenters. The molecule has 0 nitrogen and oxygen atoms in total. The number of hydrogen-bond acceptors (Lipinski definition) is 0. The SMILES string of the molecule is CCC1CCCC(C(C)CC(C)Br)C1. The Kier molecular flexibility index (Phi) is 5.51. The maximum absolute atomic E-state index is 3.67. The predicted octanol–water partition coefficient (Wildman–Crippen LogP) is 5.01. The summed E-state index contributed by atoms with van der Waals surface area (Å²) in [6.07, 6.45) is 8.69. The average molecular weight is 261 g/mol. The topological polar surface area (TPSA) is 0 Å². The van der Waals surface area contributed by atoms with Gasteiger partial charge in [0.15, 0.2) is 0 Å². The van der Waals surface area contributed by atoms with Gasteiger partial charge in [-0.15, -0.1) is 0 Å². The van der Waals surface area contributed by atoms with E-state index in [-0.39, 0.29) is 0 Å². The van der Waals surface area contributed by atoms with Crippen molar-refractivity contribution in [3.8, 4) is 0 Å². The highest BCUT2D eigenvalue weighted by Gasteiger charge is 2.25. The lowest BCUT2D eigenvalue weighted by atomic mass is 9.74. The quantitative estimate of drug-likeness (QED) is 0.624. The molecule has 1 aliphatic rings. The summed E-state index contributed by atoms with van der Waals surface area (Å²) in [6, 6.07) is 0. The lowest BCUT2D eigenvalue weighted by Gasteiger charge is -2.33. The van der Waals surface area contributed by atoms with Crippen LogP contribution in [-0.4, -0.2) is 4.83 Å². The van der Waals surface area contributed by atoms with Gasteiger partial charge in [-0.3, -0.25) is 0 Å². The molecule has 1 fully saturated rings. The van der Waals surface area contributed by atoms with Crippen LogP contribution >= 0.6 is 15.9 Å². The Bertz CT molecular complexity index is 153. The molecule has 0 heterocycles. The van der Waals surface area contributed by atoms with Crippen molar-refractivity contribution in [2.24, 2.45) is 17.8 Å². The third-order valence-corrected chi connectivity index (χ3v) is 4.28. The minimum Gasteiger partial charge on any atom is -0.0894 e. The van der Waals surface area contributed by atoms with Gasteiger partial charge in [-0.2, -0.15) is 0 Å². The molecule has 0 bridgehead atoms. The molecular weight excluding hydrogens is 236 g/mol. The highest BCUT2D eigenvalue weighted by Crippen LogP contribution is 2.37. The molecule has 1 aliphatic carbocycles. The molecule has 1 saturated carbocycles. The average Bonchev–Trinajstić information content (AvgIpc) is 2.17. The standard InChI is InChI=1S/C13H25Br/c1-4-12-6-5-7-13(9-12)10(2)8-11(3)14/h10-13H,4-9H2,1-3H3. The highest BCUT2D eigenvalue weighted by atomic mass is 79.9. The van der Waals surface area contributed by atoms with Crippen molar-refractivity contribution in [2.75, 3.05) is 0 Å². The van der Waals surface area contributed by atoms with Gasteiger partial charge in [0.2, 0.25) is 0 Å². The summed E-state index contributed by atoms with van der Waals surface area (Å²) in [7, 11) is 0. The number of halogens is 1. The smallest absolute Gasteiger partial charge is 0.0120 e. The summed E-state index contributed by atoms with van der Waals surface area (Å²) in [5, 5.41) is 0. The van der Waals surface area contributed by atoms with Gasteiger partial charge in [0.25, 0.3) is 0 Å². The molecule has 0 aromatic heterocycles. The molecule has 0 aromatic rings. The first-order valence-corrected chi connectivity index (χ1v) is 7.19. The molecule has 4 unspecified atom stereocenters. The van der Waals surface area contributed by atoms with Crippen LogP contribution in [0.2, 0.25) is 0 Å². The molecule has 0 spiro atoms. The Morgan fingerprint density at radius 1 is 1.29 bits per heavy atom. The summed E-state index contributed by atoms with van der Waals surface area (Å²) >= 11 is 3.67. The van der Waals surface area contributed by atoms with Crippen LogP contribution < -0.4 is 0 Å². The van der Waals surface area contributed by atoms with E-state index in [2.05, 4.69) is 36.7 Å². The second kappa shape index (κ2) is 6.15. The maximum atomic E-state index is 3.67. The van der Waals surface area contributed by atoms with Gasteiger partial charge in [0.05, 0.1) is 0 Å². The van der Waals surface area contributed by atoms with E-state index in [1.165, 1.54) is 38.5 Å². The molecule has 14 heavy (non-hydrogen) atoms. The van der Waals surface area contributed by atoms with Crippen molar-refractivity contribution in [2.45, 2.75) is 64.1 Å². The summed E-state index contributed by atoms with van der Waals surface area (Å²) < 4.78 is 0. The van der Waals surface area contributed by atoms with Gasteiger partial charge >= 0.3 is 0 Å². The van der Waals surface area contributed by atoms with Crippen LogP contribution in [0.15, 0.2) is 0 Å². The van der Waals surface area contributed by atoms with Crippen LogP contribution in [0.1, 0.15) is 59.3 Å². The summed E-state index contributed by atoms with van der Waals surface area (Å²) in [4.78, 5) is 0.694. The first-order chi connectivity index (χ1) is 6.63. The van der Waals surface area contributed by atoms with Gasteiger partial charge in [-0.1, -0.05) is 62.4 Å². The zero-order valence-electron chi connectivity index (χ0n) is 9.93. The third-order valence-electron chi connectivity index (χ3n) is 3.90. The zero-order chi connectivity index (χ0) is 10.6. The fourth-order valence-electron chi connectivity index (χ4n) is 2.92. The minimum atomic E-state index is 0.694. The second-order valence-corrected chi connectivity index (χ2v) is 6.76. The monoisotopic (exact) mass is 260 g/mol. The fraction of sp³-hybridized carbons (Fsp3) is 1.00. The van der Waals surface area contributed by atoms with Crippen molar-refractivity contribution < 1.29 is 0 Å². The van der Waals surface area contributed by atoms with Crippen LogP contribution in [0.25, 0.3) is 0 Å². The van der Waals surface area contributed by atoms with Crippen molar-refractivity contribution in [1.29, 1.82) is 0 Å². The first-order valence-electron chi connectivity index (χ1n) is 6.27. The molecule has 0 saturated heterocycles. The van der Waals surface area contributed by atoms with Crippen LogP contribution in [0, 0.1) is 17.8 Å². The fourth-order valence-corrected chi connectivity index (χ4v) is 3.51. The summed E-state index contributed by atoms with van der Waals surface area (Å²) in [6.45, 7) is 7.07. The molecule has 0 aliphatic heterocycles. The van der Waals surface area contributed by atoms with Gasteiger partial charge in [0, 0.05) is 4.83 Å². The van der Waals surface area contributed by atoms with Crippen LogP contribution in [0.5, 0.6) is 0 Å². The number of rotatable bonds is 4. The van der Waals surface area contributed by atoms with E-state index in [0.29, 0.717) is 4.83 Å². The van der Waals surface area contributed by atoms with E-state index < -0.39 is 0 Å². The van der Waals surface area contributed by atoms with Crippen LogP contribution in [0.4, 0.5) is 0 Å². The zero-order valence-corrected chi connectivity index (χ0v) is 11.5. The Hall–Kier alpha value is 0.480. The Morgan fingerprint density at radius 3 is 2.57 bits per heavy atom. The van der Waals surface area contributed by atoms with Crippen molar-refractivity contribution >= 4 is 15.9 Å². The van der Waals surface area contributed by atoms with E-state index in [4.69, 9.17) is 0 Å². The van der Waals surface area contributed by atoms with Crippen LogP contribution in [0.3, 0.4) is 0 Å². The molecule has 1 rings (SSSR count). The molecular formula is C13H25Br. The highest BCUT2D eigenvalue weighted by molar-refractivity contribution is 9.09. The number of alkyl halides is 1. The maximum Gasteiger partial charge on any atom is 0.0120 e. The van der Waals surface area contributed by atoms with E-state index in [1.54, 1.807) is 0 Å². The first kappa shape index (κ1) is 12.5. The van der Waals surface area contributed by atoms with E-state index >= 15 is 0 Å². The molecule has 1 heteroatoms. The van der Waals surface area contributed by atoms with Gasteiger partial charge in [-0.25, -0.2) is 0 Å². The molecule has 84 valence electrons. The van der Waals surface area contributed by atoms with Crippen molar-refractivity contribution in [1.82, 2.24) is 0 Å². The lowest BCUT2D eigenvalue weighted by Crippen LogP contribution is -2.22. The normalized spacial score (nSPS) is 32.6. The molecule has 0 amide bonds. The molecule has 0 aromatic carbocycles. The number of hydrogen-bond donors (Lipinski definition) is 0. The molecule has 0 radical (unpaired) electrons. The molecule has 0 N–H and O–H groups in total. The van der Waals surface area contributed by atoms with Gasteiger partial charge < -0.3 is 0 Å². The summed E-state index contributed by atoms with van der Waals surface area (Å²) in [5.41, 5.74) is 0.